The number of ether oxygens (including phenoxy) is 7. The van der Waals surface area contributed by atoms with E-state index in [1.165, 1.54) is 0 Å². The van der Waals surface area contributed by atoms with Gasteiger partial charge < -0.3 is 38.1 Å². The lowest BCUT2D eigenvalue weighted by molar-refractivity contribution is -0.163. The van der Waals surface area contributed by atoms with Crippen molar-refractivity contribution in [1.29, 1.82) is 0 Å². The molecule has 3 aromatic carbocycles. The van der Waals surface area contributed by atoms with Crippen molar-refractivity contribution in [3.05, 3.63) is 96.6 Å². The van der Waals surface area contributed by atoms with Crippen molar-refractivity contribution in [2.45, 2.75) is 82.3 Å². The summed E-state index contributed by atoms with van der Waals surface area (Å²) in [6, 6.07) is 16.5. The zero-order chi connectivity index (χ0) is 39.2. The fourth-order valence-electron chi connectivity index (χ4n) is 7.89. The van der Waals surface area contributed by atoms with Crippen molar-refractivity contribution in [2.24, 2.45) is 5.92 Å². The summed E-state index contributed by atoms with van der Waals surface area (Å²) >= 11 is 0. The third-order valence-corrected chi connectivity index (χ3v) is 10.6. The number of likely N-dealkylation sites (tertiary alicyclic amines) is 1. The number of methoxy groups -OCH3 is 4. The van der Waals surface area contributed by atoms with E-state index >= 15 is 4.79 Å². The Kier molecular flexibility index (Phi) is 15.3. The highest BCUT2D eigenvalue weighted by molar-refractivity contribution is 5.89. The molecular formula is C45H57NO9. The minimum atomic E-state index is -0.729. The molecular weight excluding hydrogens is 698 g/mol. The molecule has 0 unspecified atom stereocenters. The quantitative estimate of drug-likeness (QED) is 0.0878. The molecule has 0 aromatic heterocycles. The first-order valence-corrected chi connectivity index (χ1v) is 19.4. The van der Waals surface area contributed by atoms with Gasteiger partial charge in [0.05, 0.1) is 34.4 Å². The van der Waals surface area contributed by atoms with Crippen molar-refractivity contribution in [3.63, 3.8) is 0 Å². The fraction of sp³-hybridized carbons (Fsp3) is 0.467. The van der Waals surface area contributed by atoms with Crippen LogP contribution in [-0.4, -0.2) is 71.0 Å². The predicted octanol–water partition coefficient (Wildman–Crippen LogP) is 8.81. The summed E-state index contributed by atoms with van der Waals surface area (Å²) in [6.45, 7) is 8.64. The number of hydrogen-bond acceptors (Lipinski definition) is 9. The van der Waals surface area contributed by atoms with Crippen LogP contribution in [0.2, 0.25) is 0 Å². The average Bonchev–Trinajstić information content (AvgIpc) is 3.23. The molecule has 1 heterocycles. The van der Waals surface area contributed by atoms with Crippen LogP contribution in [0.5, 0.6) is 34.5 Å². The minimum absolute atomic E-state index is 0.0721. The second-order valence-corrected chi connectivity index (χ2v) is 14.1. The lowest BCUT2D eigenvalue weighted by atomic mass is 9.75. The van der Waals surface area contributed by atoms with Crippen molar-refractivity contribution in [1.82, 2.24) is 4.90 Å². The molecule has 10 nitrogen and oxygen atoms in total. The summed E-state index contributed by atoms with van der Waals surface area (Å²) in [4.78, 5) is 31.3. The van der Waals surface area contributed by atoms with E-state index in [2.05, 4.69) is 13.2 Å². The molecule has 0 bridgehead atoms. The van der Waals surface area contributed by atoms with Gasteiger partial charge in [0.25, 0.3) is 0 Å². The zero-order valence-corrected chi connectivity index (χ0v) is 32.9. The topological polar surface area (TPSA) is 102 Å². The second-order valence-electron chi connectivity index (χ2n) is 14.1. The van der Waals surface area contributed by atoms with Gasteiger partial charge in [0.1, 0.15) is 31.1 Å². The number of nitrogens with zero attached hydrogens (tertiary/aromatic N) is 1. The molecule has 0 spiro atoms. The Bertz CT molecular complexity index is 1750. The van der Waals surface area contributed by atoms with E-state index in [9.17, 15) is 4.79 Å². The van der Waals surface area contributed by atoms with Crippen molar-refractivity contribution < 1.29 is 42.7 Å². The number of carbonyl (C=O) groups excluding carboxylic acids is 2. The van der Waals surface area contributed by atoms with E-state index in [1.54, 1.807) is 45.5 Å². The summed E-state index contributed by atoms with van der Waals surface area (Å²) in [7, 11) is 6.36. The third-order valence-electron chi connectivity index (χ3n) is 10.6. The molecule has 55 heavy (non-hydrogen) atoms. The Labute approximate surface area is 326 Å². The molecule has 10 heteroatoms. The van der Waals surface area contributed by atoms with E-state index in [0.717, 1.165) is 61.6 Å². The van der Waals surface area contributed by atoms with Crippen LogP contribution in [0, 0.1) is 5.92 Å². The van der Waals surface area contributed by atoms with Crippen LogP contribution in [0.4, 0.5) is 0 Å². The maximum atomic E-state index is 15.1. The lowest BCUT2D eigenvalue weighted by Crippen LogP contribution is -2.51. The van der Waals surface area contributed by atoms with Gasteiger partial charge in [-0.1, -0.05) is 62.8 Å². The molecule has 0 radical (unpaired) electrons. The third kappa shape index (κ3) is 10.3. The smallest absolute Gasteiger partial charge is 0.329 e. The van der Waals surface area contributed by atoms with Gasteiger partial charge in [-0.3, -0.25) is 4.79 Å². The van der Waals surface area contributed by atoms with Crippen LogP contribution < -0.4 is 28.4 Å². The summed E-state index contributed by atoms with van der Waals surface area (Å²) in [5.74, 6) is 2.47. The summed E-state index contributed by atoms with van der Waals surface area (Å²) in [5.41, 5.74) is 2.60. The van der Waals surface area contributed by atoms with Gasteiger partial charge >= 0.3 is 5.97 Å². The lowest BCUT2D eigenvalue weighted by Gasteiger charge is -2.40. The van der Waals surface area contributed by atoms with Crippen molar-refractivity contribution >= 4 is 11.9 Å². The van der Waals surface area contributed by atoms with E-state index in [0.29, 0.717) is 66.9 Å². The number of esters is 1. The van der Waals surface area contributed by atoms with E-state index < -0.39 is 24.0 Å². The number of carbonyl (C=O) groups is 2. The van der Waals surface area contributed by atoms with Gasteiger partial charge in [-0.2, -0.15) is 0 Å². The van der Waals surface area contributed by atoms with Crippen LogP contribution in [0.3, 0.4) is 0 Å². The molecule has 0 N–H and O–H groups in total. The summed E-state index contributed by atoms with van der Waals surface area (Å²) in [5, 5.41) is 0. The number of aryl methyl sites for hydroxylation is 1. The monoisotopic (exact) mass is 755 g/mol. The highest BCUT2D eigenvalue weighted by atomic mass is 16.5. The number of piperidine rings is 1. The van der Waals surface area contributed by atoms with E-state index in [1.807, 2.05) is 54.6 Å². The highest BCUT2D eigenvalue weighted by Gasteiger charge is 2.41. The highest BCUT2D eigenvalue weighted by Crippen LogP contribution is 2.45. The first-order chi connectivity index (χ1) is 26.8. The van der Waals surface area contributed by atoms with Crippen LogP contribution >= 0.6 is 0 Å². The standard InChI is InChI=1S/C45H57NO9/c1-7-25-53-35-18-14-17-33(28-35)37(22-20-31-21-23-38(49-3)39(27-31)50-4)55-45(48)36-19-12-13-24-46(36)44(47)42(32-15-10-9-11-16-32)34-29-40(51-5)43(52-6)41(30-34)54-26-8-2/h7-8,14,17-18,21,23,27-30,32,36-37,42H,1-2,9-13,15-16,19-20,22,24-26H2,3-6H3/t36-,37+,42+/m1/s1. The summed E-state index contributed by atoms with van der Waals surface area (Å²) < 4.78 is 40.8. The van der Waals surface area contributed by atoms with Crippen molar-refractivity contribution in [2.75, 3.05) is 48.2 Å². The molecule has 2 aliphatic rings. The van der Waals surface area contributed by atoms with Crippen LogP contribution in [0.1, 0.15) is 86.5 Å². The van der Waals surface area contributed by atoms with Crippen LogP contribution in [0.15, 0.2) is 79.9 Å². The molecule has 1 saturated carbocycles. The minimum Gasteiger partial charge on any atom is -0.493 e. The van der Waals surface area contributed by atoms with Crippen LogP contribution in [-0.2, 0) is 20.7 Å². The molecule has 1 amide bonds. The maximum Gasteiger partial charge on any atom is 0.329 e. The molecule has 1 aliphatic carbocycles. The van der Waals surface area contributed by atoms with Gasteiger partial charge in [0.15, 0.2) is 23.0 Å². The maximum absolute atomic E-state index is 15.1. The molecule has 3 atom stereocenters. The number of hydrogen-bond donors (Lipinski definition) is 0. The Hall–Kier alpha value is -5.12. The Morgan fingerprint density at radius 1 is 0.745 bits per heavy atom. The first kappa shape index (κ1) is 41.1. The van der Waals surface area contributed by atoms with Crippen LogP contribution in [0.25, 0.3) is 0 Å². The molecule has 296 valence electrons. The Balaban J connectivity index is 1.46. The largest absolute Gasteiger partial charge is 0.493 e. The molecule has 3 aromatic rings. The second kappa shape index (κ2) is 20.5. The van der Waals surface area contributed by atoms with Gasteiger partial charge in [0, 0.05) is 6.54 Å². The predicted molar refractivity (Wildman–Crippen MR) is 213 cm³/mol. The van der Waals surface area contributed by atoms with Crippen molar-refractivity contribution in [3.8, 4) is 34.5 Å². The van der Waals surface area contributed by atoms with E-state index in [4.69, 9.17) is 33.2 Å². The van der Waals surface area contributed by atoms with Gasteiger partial charge in [0.2, 0.25) is 11.7 Å². The molecule has 1 saturated heterocycles. The van der Waals surface area contributed by atoms with Gasteiger partial charge in [-0.25, -0.2) is 4.79 Å². The average molecular weight is 756 g/mol. The molecule has 5 rings (SSSR count). The first-order valence-electron chi connectivity index (χ1n) is 19.4. The molecule has 2 fully saturated rings. The Morgan fingerprint density at radius 3 is 2.16 bits per heavy atom. The van der Waals surface area contributed by atoms with E-state index in [-0.39, 0.29) is 18.4 Å². The fourth-order valence-corrected chi connectivity index (χ4v) is 7.89. The number of rotatable bonds is 19. The number of benzene rings is 3. The number of amides is 1. The summed E-state index contributed by atoms with van der Waals surface area (Å²) in [6.07, 6.45) is 11.0. The SMILES string of the molecule is C=CCOc1cccc([C@H](CCc2ccc(OC)c(OC)c2)OC(=O)[C@H]2CCCCN2C(=O)[C@H](c2cc(OC)c(OC)c(OCC=C)c2)C2CCCCC2)c1. The van der Waals surface area contributed by atoms with Gasteiger partial charge in [-0.05, 0) is 104 Å². The molecule has 1 aliphatic heterocycles. The normalized spacial score (nSPS) is 16.9. The Morgan fingerprint density at radius 2 is 1.45 bits per heavy atom. The zero-order valence-electron chi connectivity index (χ0n) is 32.9. The van der Waals surface area contributed by atoms with Gasteiger partial charge in [-0.15, -0.1) is 0 Å².